The maximum absolute atomic E-state index is 3.44. The van der Waals surface area contributed by atoms with Gasteiger partial charge in [0.1, 0.15) is 0 Å². The largest absolute Gasteiger partial charge is 0.314 e. The Hall–Kier alpha value is -0.380. The lowest BCUT2D eigenvalue weighted by atomic mass is 9.95. The van der Waals surface area contributed by atoms with Gasteiger partial charge in [-0.15, -0.1) is 11.3 Å². The molecule has 1 unspecified atom stereocenters. The number of hydrogen-bond donors (Lipinski definition) is 1. The van der Waals surface area contributed by atoms with Gasteiger partial charge < -0.3 is 5.32 Å². The Morgan fingerprint density at radius 3 is 2.59 bits per heavy atom. The van der Waals surface area contributed by atoms with Crippen LogP contribution in [0.3, 0.4) is 0 Å². The summed E-state index contributed by atoms with van der Waals surface area (Å²) in [5, 5.41) is 3.44. The summed E-state index contributed by atoms with van der Waals surface area (Å²) in [6.45, 7) is 11.5. The van der Waals surface area contributed by atoms with E-state index in [1.54, 1.807) is 4.88 Å². The van der Waals surface area contributed by atoms with Gasteiger partial charge in [0, 0.05) is 42.0 Å². The van der Waals surface area contributed by atoms with Crippen LogP contribution in [-0.2, 0) is 0 Å². The van der Waals surface area contributed by atoms with Crippen LogP contribution in [0.1, 0.15) is 36.1 Å². The fourth-order valence-corrected chi connectivity index (χ4v) is 3.76. The number of rotatable bonds is 4. The van der Waals surface area contributed by atoms with Crippen LogP contribution in [0.5, 0.6) is 0 Å². The normalized spacial score (nSPS) is 21.4. The molecule has 1 aliphatic heterocycles. The number of hydrogen-bond acceptors (Lipinski definition) is 3. The SMILES string of the molecule is CCC(C)[C@H](c1ccc(C)s1)N1CCNCC1. The topological polar surface area (TPSA) is 15.3 Å². The Labute approximate surface area is 109 Å². The summed E-state index contributed by atoms with van der Waals surface area (Å²) in [5.74, 6) is 0.742. The smallest absolute Gasteiger partial charge is 0.0468 e. The molecule has 1 aromatic heterocycles. The lowest BCUT2D eigenvalue weighted by Gasteiger charge is -2.37. The molecule has 1 N–H and O–H groups in total. The van der Waals surface area contributed by atoms with Crippen molar-refractivity contribution in [1.29, 1.82) is 0 Å². The van der Waals surface area contributed by atoms with E-state index in [1.807, 2.05) is 11.3 Å². The second-order valence-electron chi connectivity index (χ2n) is 5.06. The predicted molar refractivity (Wildman–Crippen MR) is 75.7 cm³/mol. The minimum atomic E-state index is 0.626. The summed E-state index contributed by atoms with van der Waals surface area (Å²) in [7, 11) is 0. The van der Waals surface area contributed by atoms with E-state index in [0.717, 1.165) is 19.0 Å². The third-order valence-electron chi connectivity index (χ3n) is 3.78. The molecule has 3 heteroatoms. The lowest BCUT2D eigenvalue weighted by Crippen LogP contribution is -2.46. The van der Waals surface area contributed by atoms with Crippen LogP contribution in [0, 0.1) is 12.8 Å². The van der Waals surface area contributed by atoms with E-state index in [-0.39, 0.29) is 0 Å². The molecule has 96 valence electrons. The quantitative estimate of drug-likeness (QED) is 0.886. The molecule has 0 radical (unpaired) electrons. The van der Waals surface area contributed by atoms with Crippen molar-refractivity contribution in [2.45, 2.75) is 33.2 Å². The van der Waals surface area contributed by atoms with E-state index in [0.29, 0.717) is 6.04 Å². The first-order valence-corrected chi connectivity index (χ1v) is 7.55. The predicted octanol–water partition coefficient (Wildman–Crippen LogP) is 3.05. The Bertz CT molecular complexity index is 342. The second-order valence-corrected chi connectivity index (χ2v) is 6.38. The molecule has 0 bridgehead atoms. The van der Waals surface area contributed by atoms with Crippen molar-refractivity contribution in [2.24, 2.45) is 5.92 Å². The van der Waals surface area contributed by atoms with Crippen LogP contribution in [0.25, 0.3) is 0 Å². The molecule has 2 atom stereocenters. The molecule has 2 rings (SSSR count). The molecular weight excluding hydrogens is 228 g/mol. The summed E-state index contributed by atoms with van der Waals surface area (Å²) in [6.07, 6.45) is 1.26. The highest BCUT2D eigenvalue weighted by molar-refractivity contribution is 7.12. The van der Waals surface area contributed by atoms with Crippen LogP contribution < -0.4 is 5.32 Å². The molecule has 0 spiro atoms. The molecule has 1 saturated heterocycles. The van der Waals surface area contributed by atoms with Crippen LogP contribution in [-0.4, -0.2) is 31.1 Å². The minimum absolute atomic E-state index is 0.626. The number of piperazine rings is 1. The molecule has 2 nitrogen and oxygen atoms in total. The Morgan fingerprint density at radius 2 is 2.06 bits per heavy atom. The highest BCUT2D eigenvalue weighted by atomic mass is 32.1. The highest BCUT2D eigenvalue weighted by Crippen LogP contribution is 2.34. The van der Waals surface area contributed by atoms with Gasteiger partial charge in [0.2, 0.25) is 0 Å². The number of thiophene rings is 1. The van der Waals surface area contributed by atoms with Gasteiger partial charge in [-0.25, -0.2) is 0 Å². The molecule has 0 aromatic carbocycles. The summed E-state index contributed by atoms with van der Waals surface area (Å²) in [4.78, 5) is 5.65. The molecule has 0 saturated carbocycles. The standard InChI is InChI=1S/C14H24N2S/c1-4-11(2)14(13-6-5-12(3)17-13)16-9-7-15-8-10-16/h5-6,11,14-15H,4,7-10H2,1-3H3/t11?,14-/m1/s1. The zero-order chi connectivity index (χ0) is 12.3. The van der Waals surface area contributed by atoms with Crippen LogP contribution in [0.15, 0.2) is 12.1 Å². The van der Waals surface area contributed by atoms with Crippen molar-refractivity contribution in [2.75, 3.05) is 26.2 Å². The zero-order valence-electron chi connectivity index (χ0n) is 11.2. The van der Waals surface area contributed by atoms with Gasteiger partial charge in [-0.05, 0) is 25.0 Å². The van der Waals surface area contributed by atoms with Gasteiger partial charge in [-0.2, -0.15) is 0 Å². The Kier molecular flexibility index (Phi) is 4.60. The highest BCUT2D eigenvalue weighted by Gasteiger charge is 2.27. The summed E-state index contributed by atoms with van der Waals surface area (Å²) in [5.41, 5.74) is 0. The van der Waals surface area contributed by atoms with Gasteiger partial charge in [0.15, 0.2) is 0 Å². The van der Waals surface area contributed by atoms with Gasteiger partial charge >= 0.3 is 0 Å². The average Bonchev–Trinajstić information content (AvgIpc) is 2.77. The van der Waals surface area contributed by atoms with Crippen molar-refractivity contribution in [3.05, 3.63) is 21.9 Å². The average molecular weight is 252 g/mol. The third kappa shape index (κ3) is 3.09. The van der Waals surface area contributed by atoms with Crippen LogP contribution in [0.2, 0.25) is 0 Å². The Morgan fingerprint density at radius 1 is 1.35 bits per heavy atom. The maximum Gasteiger partial charge on any atom is 0.0468 e. The van der Waals surface area contributed by atoms with E-state index >= 15 is 0 Å². The van der Waals surface area contributed by atoms with E-state index in [4.69, 9.17) is 0 Å². The van der Waals surface area contributed by atoms with E-state index in [9.17, 15) is 0 Å². The van der Waals surface area contributed by atoms with E-state index in [1.165, 1.54) is 24.4 Å². The van der Waals surface area contributed by atoms with Crippen molar-refractivity contribution >= 4 is 11.3 Å². The monoisotopic (exact) mass is 252 g/mol. The molecule has 1 aromatic rings. The molecule has 1 aliphatic rings. The van der Waals surface area contributed by atoms with E-state index < -0.39 is 0 Å². The fourth-order valence-electron chi connectivity index (χ4n) is 2.62. The molecule has 0 aliphatic carbocycles. The molecular formula is C14H24N2S. The van der Waals surface area contributed by atoms with Gasteiger partial charge in [-0.3, -0.25) is 4.90 Å². The van der Waals surface area contributed by atoms with Gasteiger partial charge in [-0.1, -0.05) is 20.3 Å². The van der Waals surface area contributed by atoms with E-state index in [2.05, 4.69) is 43.1 Å². The van der Waals surface area contributed by atoms with Gasteiger partial charge in [0.25, 0.3) is 0 Å². The number of nitrogens with zero attached hydrogens (tertiary/aromatic N) is 1. The summed E-state index contributed by atoms with van der Waals surface area (Å²) < 4.78 is 0. The minimum Gasteiger partial charge on any atom is -0.314 e. The first-order valence-electron chi connectivity index (χ1n) is 6.73. The number of aryl methyl sites for hydroxylation is 1. The van der Waals surface area contributed by atoms with Gasteiger partial charge in [0.05, 0.1) is 0 Å². The zero-order valence-corrected chi connectivity index (χ0v) is 12.0. The summed E-state index contributed by atoms with van der Waals surface area (Å²) >= 11 is 1.97. The first-order chi connectivity index (χ1) is 8.22. The number of nitrogens with one attached hydrogen (secondary N) is 1. The first kappa shape index (κ1) is 13.1. The molecule has 0 amide bonds. The molecule has 17 heavy (non-hydrogen) atoms. The second kappa shape index (κ2) is 5.98. The van der Waals surface area contributed by atoms with Crippen molar-refractivity contribution in [3.63, 3.8) is 0 Å². The molecule has 2 heterocycles. The summed E-state index contributed by atoms with van der Waals surface area (Å²) in [6, 6.07) is 5.22. The van der Waals surface area contributed by atoms with Crippen LogP contribution >= 0.6 is 11.3 Å². The molecule has 1 fully saturated rings. The lowest BCUT2D eigenvalue weighted by molar-refractivity contribution is 0.131. The van der Waals surface area contributed by atoms with Crippen molar-refractivity contribution in [1.82, 2.24) is 10.2 Å². The fraction of sp³-hybridized carbons (Fsp3) is 0.714. The van der Waals surface area contributed by atoms with Crippen molar-refractivity contribution in [3.8, 4) is 0 Å². The van der Waals surface area contributed by atoms with Crippen molar-refractivity contribution < 1.29 is 0 Å². The third-order valence-corrected chi connectivity index (χ3v) is 4.85. The maximum atomic E-state index is 3.44. The van der Waals surface area contributed by atoms with Crippen LogP contribution in [0.4, 0.5) is 0 Å². The Balaban J connectivity index is 2.17.